The van der Waals surface area contributed by atoms with Gasteiger partial charge in [0.1, 0.15) is 0 Å². The molecule has 0 saturated carbocycles. The third kappa shape index (κ3) is 5.39. The van der Waals surface area contributed by atoms with Crippen molar-refractivity contribution < 1.29 is 0 Å². The van der Waals surface area contributed by atoms with Gasteiger partial charge in [0.25, 0.3) is 0 Å². The van der Waals surface area contributed by atoms with Crippen LogP contribution in [-0.2, 0) is 0 Å². The predicted octanol–water partition coefficient (Wildman–Crippen LogP) is 3.28. The lowest BCUT2D eigenvalue weighted by molar-refractivity contribution is 0.148. The van der Waals surface area contributed by atoms with E-state index in [2.05, 4.69) is 31.0 Å². The molecular formula is C15H32N2. The molecule has 0 bridgehead atoms. The van der Waals surface area contributed by atoms with E-state index in [1.807, 2.05) is 0 Å². The molecule has 1 aliphatic rings. The zero-order valence-corrected chi connectivity index (χ0v) is 12.2. The van der Waals surface area contributed by atoms with Crippen molar-refractivity contribution in [1.29, 1.82) is 0 Å². The first kappa shape index (κ1) is 15.0. The Morgan fingerprint density at radius 1 is 1.29 bits per heavy atom. The van der Waals surface area contributed by atoms with Crippen molar-refractivity contribution in [3.63, 3.8) is 0 Å². The number of unbranched alkanes of at least 4 members (excludes halogenated alkanes) is 1. The molecule has 0 aromatic rings. The minimum atomic E-state index is 0.821. The van der Waals surface area contributed by atoms with Gasteiger partial charge in [-0.15, -0.1) is 0 Å². The summed E-state index contributed by atoms with van der Waals surface area (Å²) in [5.74, 6) is 0.888. The average Bonchev–Trinajstić information content (AvgIpc) is 2.39. The van der Waals surface area contributed by atoms with E-state index in [1.54, 1.807) is 0 Å². The molecule has 0 aliphatic carbocycles. The predicted molar refractivity (Wildman–Crippen MR) is 76.4 cm³/mol. The fraction of sp³-hybridized carbons (Fsp3) is 1.00. The molecule has 1 N–H and O–H groups in total. The lowest BCUT2D eigenvalue weighted by Gasteiger charge is -2.35. The molecule has 2 unspecified atom stereocenters. The molecule has 102 valence electrons. The van der Waals surface area contributed by atoms with E-state index in [1.165, 1.54) is 64.7 Å². The van der Waals surface area contributed by atoms with Crippen LogP contribution in [0.4, 0.5) is 0 Å². The smallest absolute Gasteiger partial charge is 0.00926 e. The molecule has 0 amide bonds. The van der Waals surface area contributed by atoms with Gasteiger partial charge in [-0.25, -0.2) is 0 Å². The van der Waals surface area contributed by atoms with E-state index in [4.69, 9.17) is 0 Å². The van der Waals surface area contributed by atoms with Crippen molar-refractivity contribution in [2.75, 3.05) is 26.2 Å². The van der Waals surface area contributed by atoms with Gasteiger partial charge in [-0.05, 0) is 51.2 Å². The number of hydrogen-bond acceptors (Lipinski definition) is 2. The summed E-state index contributed by atoms with van der Waals surface area (Å²) in [5.41, 5.74) is 0. The molecule has 1 rings (SSSR count). The number of hydrogen-bond donors (Lipinski definition) is 1. The molecule has 1 saturated heterocycles. The van der Waals surface area contributed by atoms with Gasteiger partial charge in [-0.3, -0.25) is 0 Å². The van der Waals surface area contributed by atoms with Crippen molar-refractivity contribution in [2.24, 2.45) is 5.92 Å². The molecule has 1 heterocycles. The van der Waals surface area contributed by atoms with Gasteiger partial charge in [0.05, 0.1) is 0 Å². The van der Waals surface area contributed by atoms with Gasteiger partial charge in [-0.2, -0.15) is 0 Å². The van der Waals surface area contributed by atoms with E-state index < -0.39 is 0 Å². The molecule has 1 fully saturated rings. The summed E-state index contributed by atoms with van der Waals surface area (Å²) in [5, 5.41) is 3.54. The third-order valence-electron chi connectivity index (χ3n) is 4.18. The standard InChI is InChI=1S/C15H32N2/c1-4-7-10-15(5-2)17(6-3)13-14-9-8-11-16-12-14/h14-16H,4-13H2,1-3H3. The van der Waals surface area contributed by atoms with Crippen LogP contribution in [0.2, 0.25) is 0 Å². The molecule has 0 spiro atoms. The fourth-order valence-corrected chi connectivity index (χ4v) is 3.03. The maximum Gasteiger partial charge on any atom is 0.00926 e. The summed E-state index contributed by atoms with van der Waals surface area (Å²) in [7, 11) is 0. The van der Waals surface area contributed by atoms with E-state index >= 15 is 0 Å². The van der Waals surface area contributed by atoms with Gasteiger partial charge < -0.3 is 10.2 Å². The Kier molecular flexibility index (Phi) is 7.87. The molecule has 0 aromatic heterocycles. The van der Waals surface area contributed by atoms with Crippen molar-refractivity contribution in [3.8, 4) is 0 Å². The van der Waals surface area contributed by atoms with Crippen molar-refractivity contribution in [1.82, 2.24) is 10.2 Å². The second-order valence-corrected chi connectivity index (χ2v) is 5.50. The normalized spacial score (nSPS) is 22.9. The van der Waals surface area contributed by atoms with E-state index in [0.29, 0.717) is 0 Å². The van der Waals surface area contributed by atoms with Crippen LogP contribution in [0.25, 0.3) is 0 Å². The summed E-state index contributed by atoms with van der Waals surface area (Å²) >= 11 is 0. The zero-order valence-electron chi connectivity index (χ0n) is 12.2. The Morgan fingerprint density at radius 2 is 2.12 bits per heavy atom. The quantitative estimate of drug-likeness (QED) is 0.700. The average molecular weight is 240 g/mol. The summed E-state index contributed by atoms with van der Waals surface area (Å²) in [6.45, 7) is 12.0. The van der Waals surface area contributed by atoms with Crippen LogP contribution < -0.4 is 5.32 Å². The highest BCUT2D eigenvalue weighted by atomic mass is 15.2. The Labute approximate surface area is 108 Å². The van der Waals surface area contributed by atoms with Crippen LogP contribution >= 0.6 is 0 Å². The summed E-state index contributed by atoms with van der Waals surface area (Å²) in [4.78, 5) is 2.73. The maximum atomic E-state index is 3.54. The first-order chi connectivity index (χ1) is 8.31. The summed E-state index contributed by atoms with van der Waals surface area (Å²) in [6.07, 6.45) is 8.22. The minimum Gasteiger partial charge on any atom is -0.316 e. The van der Waals surface area contributed by atoms with Crippen molar-refractivity contribution in [2.45, 2.75) is 65.3 Å². The highest BCUT2D eigenvalue weighted by Crippen LogP contribution is 2.17. The second kappa shape index (κ2) is 8.93. The van der Waals surface area contributed by atoms with Gasteiger partial charge in [0, 0.05) is 12.6 Å². The van der Waals surface area contributed by atoms with Crippen LogP contribution in [0.5, 0.6) is 0 Å². The molecule has 0 radical (unpaired) electrons. The van der Waals surface area contributed by atoms with Crippen molar-refractivity contribution in [3.05, 3.63) is 0 Å². The SMILES string of the molecule is CCCCC(CC)N(CC)CC1CCCNC1. The lowest BCUT2D eigenvalue weighted by atomic mass is 9.97. The fourth-order valence-electron chi connectivity index (χ4n) is 3.03. The first-order valence-electron chi connectivity index (χ1n) is 7.76. The van der Waals surface area contributed by atoms with Crippen LogP contribution in [0.15, 0.2) is 0 Å². The molecule has 2 nitrogen and oxygen atoms in total. The minimum absolute atomic E-state index is 0.821. The maximum absolute atomic E-state index is 3.54. The Morgan fingerprint density at radius 3 is 2.65 bits per heavy atom. The molecule has 0 aromatic carbocycles. The second-order valence-electron chi connectivity index (χ2n) is 5.50. The van der Waals surface area contributed by atoms with Crippen LogP contribution in [-0.4, -0.2) is 37.1 Å². The molecular weight excluding hydrogens is 208 g/mol. The van der Waals surface area contributed by atoms with Crippen molar-refractivity contribution >= 4 is 0 Å². The lowest BCUT2D eigenvalue weighted by Crippen LogP contribution is -2.42. The Hall–Kier alpha value is -0.0800. The van der Waals surface area contributed by atoms with Gasteiger partial charge >= 0.3 is 0 Å². The van der Waals surface area contributed by atoms with Gasteiger partial charge in [0.15, 0.2) is 0 Å². The highest BCUT2D eigenvalue weighted by Gasteiger charge is 2.20. The molecule has 17 heavy (non-hydrogen) atoms. The first-order valence-corrected chi connectivity index (χ1v) is 7.76. The third-order valence-corrected chi connectivity index (χ3v) is 4.18. The number of nitrogens with zero attached hydrogens (tertiary/aromatic N) is 1. The molecule has 2 heteroatoms. The highest BCUT2D eigenvalue weighted by molar-refractivity contribution is 4.76. The summed E-state index contributed by atoms with van der Waals surface area (Å²) < 4.78 is 0. The van der Waals surface area contributed by atoms with Crippen LogP contribution in [0.1, 0.15) is 59.3 Å². The van der Waals surface area contributed by atoms with Gasteiger partial charge in [-0.1, -0.05) is 33.6 Å². The largest absolute Gasteiger partial charge is 0.316 e. The van der Waals surface area contributed by atoms with Crippen LogP contribution in [0.3, 0.4) is 0 Å². The number of rotatable bonds is 8. The van der Waals surface area contributed by atoms with Gasteiger partial charge in [0.2, 0.25) is 0 Å². The Bertz CT molecular complexity index is 176. The topological polar surface area (TPSA) is 15.3 Å². The number of nitrogens with one attached hydrogen (secondary N) is 1. The monoisotopic (exact) mass is 240 g/mol. The number of piperidine rings is 1. The zero-order chi connectivity index (χ0) is 12.5. The Balaban J connectivity index is 2.37. The summed E-state index contributed by atoms with van der Waals surface area (Å²) in [6, 6.07) is 0.821. The van der Waals surface area contributed by atoms with E-state index in [-0.39, 0.29) is 0 Å². The van der Waals surface area contributed by atoms with E-state index in [0.717, 1.165) is 12.0 Å². The molecule has 2 atom stereocenters. The van der Waals surface area contributed by atoms with E-state index in [9.17, 15) is 0 Å². The molecule has 1 aliphatic heterocycles. The van der Waals surface area contributed by atoms with Crippen LogP contribution in [0, 0.1) is 5.92 Å².